The molecule has 0 amide bonds. The molecule has 156 valence electrons. The van der Waals surface area contributed by atoms with Crippen molar-refractivity contribution in [2.45, 2.75) is 45.6 Å². The van der Waals surface area contributed by atoms with Crippen LogP contribution < -0.4 is 0 Å². The van der Waals surface area contributed by atoms with Crippen LogP contribution in [0.5, 0.6) is 0 Å². The quantitative estimate of drug-likeness (QED) is 0.599. The highest BCUT2D eigenvalue weighted by Crippen LogP contribution is 2.37. The van der Waals surface area contributed by atoms with Gasteiger partial charge < -0.3 is 9.64 Å². The number of hydrogen-bond donors (Lipinski definition) is 0. The van der Waals surface area contributed by atoms with Crippen LogP contribution in [-0.2, 0) is 24.2 Å². The second-order valence-electron chi connectivity index (χ2n) is 8.87. The molecule has 4 rings (SSSR count). The maximum absolute atomic E-state index is 13.1. The number of aryl methyl sites for hydroxylation is 1. The van der Waals surface area contributed by atoms with E-state index < -0.39 is 0 Å². The van der Waals surface area contributed by atoms with E-state index in [0.717, 1.165) is 37.1 Å². The number of piperidine rings is 1. The number of rotatable bonds is 6. The van der Waals surface area contributed by atoms with Gasteiger partial charge in [-0.2, -0.15) is 0 Å². The van der Waals surface area contributed by atoms with Crippen LogP contribution in [0.2, 0.25) is 0 Å². The normalized spacial score (nSPS) is 25.4. The molecule has 29 heavy (non-hydrogen) atoms. The lowest BCUT2D eigenvalue weighted by molar-refractivity contribution is 0.00353. The molecule has 2 nitrogen and oxygen atoms in total. The smallest absolute Gasteiger partial charge is 0.123 e. The molecular weight excluding hydrogens is 361 g/mol. The molecule has 2 aliphatic rings. The first-order valence-electron chi connectivity index (χ1n) is 11.3. The number of likely N-dealkylation sites (tertiary alicyclic amines) is 1. The Balaban J connectivity index is 1.41. The predicted octanol–water partition coefficient (Wildman–Crippen LogP) is 5.50. The van der Waals surface area contributed by atoms with Gasteiger partial charge in [0.2, 0.25) is 0 Å². The van der Waals surface area contributed by atoms with Crippen LogP contribution in [-0.4, -0.2) is 31.1 Å². The summed E-state index contributed by atoms with van der Waals surface area (Å²) in [6.45, 7) is 7.11. The molecule has 0 aromatic heterocycles. The lowest BCUT2D eigenvalue weighted by Gasteiger charge is -2.42. The molecule has 1 heterocycles. The van der Waals surface area contributed by atoms with E-state index in [-0.39, 0.29) is 5.82 Å². The van der Waals surface area contributed by atoms with Crippen LogP contribution in [0.4, 0.5) is 4.39 Å². The first-order chi connectivity index (χ1) is 14.2. The minimum atomic E-state index is -0.187. The van der Waals surface area contributed by atoms with Gasteiger partial charge in [-0.25, -0.2) is 4.39 Å². The summed E-state index contributed by atoms with van der Waals surface area (Å²) in [5.41, 5.74) is 4.18. The fourth-order valence-electron chi connectivity index (χ4n) is 5.42. The molecule has 0 N–H and O–H groups in total. The molecule has 3 heteroatoms. The summed E-state index contributed by atoms with van der Waals surface area (Å²) in [4.78, 5) is 2.58. The molecule has 0 radical (unpaired) electrons. The molecule has 0 bridgehead atoms. The van der Waals surface area contributed by atoms with Crippen LogP contribution >= 0.6 is 0 Å². The van der Waals surface area contributed by atoms with Gasteiger partial charge in [0, 0.05) is 6.54 Å². The van der Waals surface area contributed by atoms with Crippen molar-refractivity contribution in [3.8, 4) is 0 Å². The van der Waals surface area contributed by atoms with Crippen LogP contribution in [0, 0.1) is 23.6 Å². The van der Waals surface area contributed by atoms with Crippen molar-refractivity contribution in [3.63, 3.8) is 0 Å². The van der Waals surface area contributed by atoms with Crippen molar-refractivity contribution in [3.05, 3.63) is 71.0 Å². The van der Waals surface area contributed by atoms with E-state index in [2.05, 4.69) is 36.1 Å². The standard InChI is InChI=1S/C26H34FNO/c1-2-28-15-14-26(23-9-5-8-21-6-3-4-7-22(21)16-23)24(17-28)19-29-18-20-10-12-25(27)13-11-20/h3-4,6-7,10-13,23-24,26H,2,5,8-9,14-19H2,1H3/t23?,24-,26+/m0/s1. The Morgan fingerprint density at radius 2 is 1.83 bits per heavy atom. The third-order valence-corrected chi connectivity index (χ3v) is 7.07. The lowest BCUT2D eigenvalue weighted by Crippen LogP contribution is -2.45. The summed E-state index contributed by atoms with van der Waals surface area (Å²) in [6.07, 6.45) is 6.37. The molecule has 1 aliphatic carbocycles. The summed E-state index contributed by atoms with van der Waals surface area (Å²) in [6, 6.07) is 15.7. The average Bonchev–Trinajstić information content (AvgIpc) is 2.97. The number of fused-ring (bicyclic) bond motifs is 1. The zero-order chi connectivity index (χ0) is 20.1. The monoisotopic (exact) mass is 395 g/mol. The Morgan fingerprint density at radius 1 is 1.03 bits per heavy atom. The second-order valence-corrected chi connectivity index (χ2v) is 8.87. The first-order valence-corrected chi connectivity index (χ1v) is 11.3. The topological polar surface area (TPSA) is 12.5 Å². The summed E-state index contributed by atoms with van der Waals surface area (Å²) in [5, 5.41) is 0. The van der Waals surface area contributed by atoms with Crippen molar-refractivity contribution in [1.29, 1.82) is 0 Å². The molecule has 0 spiro atoms. The number of nitrogens with zero attached hydrogens (tertiary/aromatic N) is 1. The third-order valence-electron chi connectivity index (χ3n) is 7.07. The molecular formula is C26H34FNO. The zero-order valence-corrected chi connectivity index (χ0v) is 17.7. The molecule has 2 aromatic carbocycles. The molecule has 1 aliphatic heterocycles. The molecule has 1 saturated heterocycles. The van der Waals surface area contributed by atoms with Crippen molar-refractivity contribution < 1.29 is 9.13 Å². The molecule has 1 fully saturated rings. The van der Waals surface area contributed by atoms with Gasteiger partial charge in [0.1, 0.15) is 5.82 Å². The minimum absolute atomic E-state index is 0.187. The van der Waals surface area contributed by atoms with Crippen LogP contribution in [0.25, 0.3) is 0 Å². The predicted molar refractivity (Wildman–Crippen MR) is 116 cm³/mol. The van der Waals surface area contributed by atoms with Crippen molar-refractivity contribution >= 4 is 0 Å². The van der Waals surface area contributed by atoms with Crippen LogP contribution in [0.1, 0.15) is 42.9 Å². The zero-order valence-electron chi connectivity index (χ0n) is 17.7. The van der Waals surface area contributed by atoms with Crippen LogP contribution in [0.15, 0.2) is 48.5 Å². The number of halogens is 1. The largest absolute Gasteiger partial charge is 0.376 e. The Hall–Kier alpha value is -1.71. The number of hydrogen-bond acceptors (Lipinski definition) is 2. The van der Waals surface area contributed by atoms with E-state index in [1.165, 1.54) is 50.8 Å². The second kappa shape index (κ2) is 9.86. The lowest BCUT2D eigenvalue weighted by atomic mass is 9.73. The highest BCUT2D eigenvalue weighted by molar-refractivity contribution is 5.28. The maximum atomic E-state index is 13.1. The number of benzene rings is 2. The van der Waals surface area contributed by atoms with Gasteiger partial charge in [-0.05, 0) is 91.8 Å². The van der Waals surface area contributed by atoms with Gasteiger partial charge in [-0.3, -0.25) is 0 Å². The Bertz CT molecular complexity index is 775. The highest BCUT2D eigenvalue weighted by Gasteiger charge is 2.35. The van der Waals surface area contributed by atoms with Gasteiger partial charge in [0.05, 0.1) is 13.2 Å². The number of ether oxygens (including phenoxy) is 1. The van der Waals surface area contributed by atoms with E-state index in [0.29, 0.717) is 12.5 Å². The van der Waals surface area contributed by atoms with Crippen molar-refractivity contribution in [1.82, 2.24) is 4.90 Å². The minimum Gasteiger partial charge on any atom is -0.376 e. The molecule has 2 aromatic rings. The van der Waals surface area contributed by atoms with Gasteiger partial charge in [0.15, 0.2) is 0 Å². The summed E-state index contributed by atoms with van der Waals surface area (Å²) in [5.74, 6) is 1.89. The van der Waals surface area contributed by atoms with Gasteiger partial charge in [-0.1, -0.05) is 43.3 Å². The first kappa shape index (κ1) is 20.6. The SMILES string of the molecule is CCN1CC[C@H](C2CCCc3ccccc3C2)[C@H](COCc2ccc(F)cc2)C1. The summed E-state index contributed by atoms with van der Waals surface area (Å²) >= 11 is 0. The van der Waals surface area contributed by atoms with Gasteiger partial charge >= 0.3 is 0 Å². The third kappa shape index (κ3) is 5.26. The molecule has 1 unspecified atom stereocenters. The van der Waals surface area contributed by atoms with Gasteiger partial charge in [-0.15, -0.1) is 0 Å². The fraction of sp³-hybridized carbons (Fsp3) is 0.538. The van der Waals surface area contributed by atoms with Gasteiger partial charge in [0.25, 0.3) is 0 Å². The summed E-state index contributed by atoms with van der Waals surface area (Å²) < 4.78 is 19.3. The highest BCUT2D eigenvalue weighted by atomic mass is 19.1. The maximum Gasteiger partial charge on any atom is 0.123 e. The van der Waals surface area contributed by atoms with E-state index >= 15 is 0 Å². The Kier molecular flexibility index (Phi) is 6.99. The Morgan fingerprint density at radius 3 is 2.62 bits per heavy atom. The summed E-state index contributed by atoms with van der Waals surface area (Å²) in [7, 11) is 0. The van der Waals surface area contributed by atoms with Crippen molar-refractivity contribution in [2.24, 2.45) is 17.8 Å². The van der Waals surface area contributed by atoms with Crippen molar-refractivity contribution in [2.75, 3.05) is 26.2 Å². The Labute approximate surface area is 175 Å². The van der Waals surface area contributed by atoms with E-state index in [1.807, 2.05) is 12.1 Å². The van der Waals surface area contributed by atoms with E-state index in [9.17, 15) is 4.39 Å². The molecule has 0 saturated carbocycles. The average molecular weight is 396 g/mol. The fourth-order valence-corrected chi connectivity index (χ4v) is 5.42. The van der Waals surface area contributed by atoms with Crippen LogP contribution in [0.3, 0.4) is 0 Å². The molecule has 3 atom stereocenters. The van der Waals surface area contributed by atoms with E-state index in [1.54, 1.807) is 11.1 Å². The van der Waals surface area contributed by atoms with E-state index in [4.69, 9.17) is 4.74 Å².